The predicted octanol–water partition coefficient (Wildman–Crippen LogP) is 2.77. The van der Waals surface area contributed by atoms with Gasteiger partial charge in [-0.3, -0.25) is 4.99 Å². The highest BCUT2D eigenvalue weighted by molar-refractivity contribution is 6.49. The molecule has 1 heterocycles. The second-order valence-electron chi connectivity index (χ2n) is 4.86. The summed E-state index contributed by atoms with van der Waals surface area (Å²) in [5.74, 6) is 1.57. The molecule has 0 aliphatic carbocycles. The molecule has 4 nitrogen and oxygen atoms in total. The molecule has 0 amide bonds. The van der Waals surface area contributed by atoms with Gasteiger partial charge in [0, 0.05) is 18.0 Å². The molecule has 0 aliphatic rings. The summed E-state index contributed by atoms with van der Waals surface area (Å²) in [5, 5.41) is 0. The summed E-state index contributed by atoms with van der Waals surface area (Å²) < 4.78 is 5.90. The first kappa shape index (κ1) is 14.4. The monoisotopic (exact) mass is 285 g/mol. The summed E-state index contributed by atoms with van der Waals surface area (Å²) in [6.45, 7) is 6.85. The van der Waals surface area contributed by atoms with Gasteiger partial charge in [0.15, 0.2) is 5.82 Å². The van der Waals surface area contributed by atoms with Crippen LogP contribution in [0.15, 0.2) is 41.7 Å². The van der Waals surface area contributed by atoms with E-state index < -0.39 is 9.04 Å². The van der Waals surface area contributed by atoms with Crippen molar-refractivity contribution in [2.45, 2.75) is 26.6 Å². The van der Waals surface area contributed by atoms with Gasteiger partial charge >= 0.3 is 0 Å². The molecule has 104 valence electrons. The van der Waals surface area contributed by atoms with Gasteiger partial charge in [-0.15, -0.1) is 0 Å². The number of aryl methyl sites for hydroxylation is 1. The van der Waals surface area contributed by atoms with Crippen LogP contribution >= 0.6 is 0 Å². The number of hydrogen-bond donors (Lipinski definition) is 0. The van der Waals surface area contributed by atoms with Crippen molar-refractivity contribution < 1.29 is 4.43 Å². The van der Waals surface area contributed by atoms with E-state index in [1.165, 1.54) is 0 Å². The molecule has 1 aromatic heterocycles. The average Bonchev–Trinajstić information content (AvgIpc) is 2.42. The van der Waals surface area contributed by atoms with Gasteiger partial charge in [0.05, 0.1) is 12.8 Å². The van der Waals surface area contributed by atoms with Crippen molar-refractivity contribution in [1.82, 2.24) is 9.97 Å². The number of aliphatic imine (C=N–C) groups is 1. The quantitative estimate of drug-likeness (QED) is 0.627. The third-order valence-corrected chi connectivity index (χ3v) is 3.33. The van der Waals surface area contributed by atoms with Gasteiger partial charge in [-0.2, -0.15) is 0 Å². The van der Waals surface area contributed by atoms with Gasteiger partial charge < -0.3 is 4.43 Å². The van der Waals surface area contributed by atoms with Crippen molar-refractivity contribution in [3.05, 3.63) is 53.6 Å². The Morgan fingerprint density at radius 3 is 2.60 bits per heavy atom. The fourth-order valence-electron chi connectivity index (χ4n) is 1.70. The number of rotatable bonds is 5. The molecule has 0 fully saturated rings. The van der Waals surface area contributed by atoms with Gasteiger partial charge in [-0.1, -0.05) is 18.2 Å². The van der Waals surface area contributed by atoms with E-state index >= 15 is 0 Å². The van der Waals surface area contributed by atoms with Crippen LogP contribution in [-0.4, -0.2) is 25.2 Å². The van der Waals surface area contributed by atoms with Gasteiger partial charge in [0.2, 0.25) is 9.04 Å². The van der Waals surface area contributed by atoms with Crippen molar-refractivity contribution >= 4 is 15.3 Å². The molecule has 2 aromatic rings. The molecule has 0 radical (unpaired) electrons. The molecule has 0 saturated heterocycles. The molecule has 5 heteroatoms. The van der Waals surface area contributed by atoms with Crippen molar-refractivity contribution in [2.75, 3.05) is 0 Å². The Morgan fingerprint density at radius 2 is 1.90 bits per heavy atom. The number of benzene rings is 1. The highest BCUT2D eigenvalue weighted by atomic mass is 28.3. The van der Waals surface area contributed by atoms with Crippen LogP contribution in [0.5, 0.6) is 5.75 Å². The van der Waals surface area contributed by atoms with Crippen LogP contribution in [0.25, 0.3) is 0 Å². The van der Waals surface area contributed by atoms with Gasteiger partial charge in [-0.25, -0.2) is 9.97 Å². The third kappa shape index (κ3) is 4.27. The topological polar surface area (TPSA) is 47.4 Å². The molecule has 0 N–H and O–H groups in total. The first-order valence-electron chi connectivity index (χ1n) is 6.68. The SMILES string of the molecule is Cc1cnc(C=NCc2ccccc2O[SiH](C)C)nc1. The van der Waals surface area contributed by atoms with E-state index in [1.807, 2.05) is 31.2 Å². The number of nitrogens with zero attached hydrogens (tertiary/aromatic N) is 3. The minimum atomic E-state index is -1.10. The predicted molar refractivity (Wildman–Crippen MR) is 84.0 cm³/mol. The van der Waals surface area contributed by atoms with E-state index in [0.717, 1.165) is 16.9 Å². The Labute approximate surface area is 121 Å². The second kappa shape index (κ2) is 6.95. The maximum atomic E-state index is 5.90. The van der Waals surface area contributed by atoms with Crippen molar-refractivity contribution in [3.63, 3.8) is 0 Å². The van der Waals surface area contributed by atoms with E-state index in [1.54, 1.807) is 18.6 Å². The maximum Gasteiger partial charge on any atom is 0.229 e. The Balaban J connectivity index is 2.05. The maximum absolute atomic E-state index is 5.90. The minimum absolute atomic E-state index is 0.578. The zero-order valence-electron chi connectivity index (χ0n) is 12.1. The number of aromatic nitrogens is 2. The minimum Gasteiger partial charge on any atom is -0.547 e. The zero-order chi connectivity index (χ0) is 14.4. The number of hydrogen-bond acceptors (Lipinski definition) is 4. The van der Waals surface area contributed by atoms with Gasteiger partial charge in [-0.05, 0) is 31.6 Å². The van der Waals surface area contributed by atoms with Crippen LogP contribution in [0.2, 0.25) is 13.1 Å². The van der Waals surface area contributed by atoms with E-state index in [2.05, 4.69) is 28.1 Å². The fraction of sp³-hybridized carbons (Fsp3) is 0.267. The lowest BCUT2D eigenvalue weighted by atomic mass is 10.2. The van der Waals surface area contributed by atoms with Crippen molar-refractivity contribution in [2.24, 2.45) is 4.99 Å². The summed E-state index contributed by atoms with van der Waals surface area (Å²) in [4.78, 5) is 12.8. The van der Waals surface area contributed by atoms with E-state index in [-0.39, 0.29) is 0 Å². The Bertz CT molecular complexity index is 582. The molecule has 0 atom stereocenters. The Hall–Kier alpha value is -2.01. The molecule has 1 aromatic carbocycles. The molecule has 0 unspecified atom stereocenters. The lowest BCUT2D eigenvalue weighted by molar-refractivity contribution is 0.572. The van der Waals surface area contributed by atoms with Gasteiger partial charge in [0.1, 0.15) is 5.75 Å². The van der Waals surface area contributed by atoms with Gasteiger partial charge in [0.25, 0.3) is 0 Å². The van der Waals surface area contributed by atoms with Crippen LogP contribution in [-0.2, 0) is 6.54 Å². The van der Waals surface area contributed by atoms with Crippen molar-refractivity contribution in [1.29, 1.82) is 0 Å². The fourth-order valence-corrected chi connectivity index (χ4v) is 2.44. The molecule has 0 spiro atoms. The Kier molecular flexibility index (Phi) is 5.01. The van der Waals surface area contributed by atoms with Crippen LogP contribution in [0.1, 0.15) is 17.0 Å². The van der Waals surface area contributed by atoms with Crippen molar-refractivity contribution in [3.8, 4) is 5.75 Å². The van der Waals surface area contributed by atoms with Crippen LogP contribution in [0.3, 0.4) is 0 Å². The van der Waals surface area contributed by atoms with Crippen LogP contribution < -0.4 is 4.43 Å². The summed E-state index contributed by atoms with van der Waals surface area (Å²) in [6, 6.07) is 8.03. The third-order valence-electron chi connectivity index (χ3n) is 2.60. The largest absolute Gasteiger partial charge is 0.547 e. The summed E-state index contributed by atoms with van der Waals surface area (Å²) >= 11 is 0. The second-order valence-corrected chi connectivity index (χ2v) is 7.20. The first-order chi connectivity index (χ1) is 9.65. The summed E-state index contributed by atoms with van der Waals surface area (Å²) in [6.07, 6.45) is 5.27. The van der Waals surface area contributed by atoms with E-state index in [0.29, 0.717) is 12.4 Å². The molecule has 20 heavy (non-hydrogen) atoms. The molecule has 0 aliphatic heterocycles. The highest BCUT2D eigenvalue weighted by Crippen LogP contribution is 2.19. The molecule has 2 rings (SSSR count). The van der Waals surface area contributed by atoms with E-state index in [4.69, 9.17) is 4.43 Å². The zero-order valence-corrected chi connectivity index (χ0v) is 13.2. The molecule has 0 saturated carbocycles. The van der Waals surface area contributed by atoms with Crippen LogP contribution in [0, 0.1) is 6.92 Å². The Morgan fingerprint density at radius 1 is 1.20 bits per heavy atom. The normalized spacial score (nSPS) is 11.2. The first-order valence-corrected chi connectivity index (χ1v) is 9.46. The van der Waals surface area contributed by atoms with Crippen LogP contribution in [0.4, 0.5) is 0 Å². The lowest BCUT2D eigenvalue weighted by Gasteiger charge is -2.12. The summed E-state index contributed by atoms with van der Waals surface area (Å²) in [5.41, 5.74) is 2.14. The lowest BCUT2D eigenvalue weighted by Crippen LogP contribution is -2.12. The smallest absolute Gasteiger partial charge is 0.229 e. The highest BCUT2D eigenvalue weighted by Gasteiger charge is 2.04. The average molecular weight is 285 g/mol. The molecular formula is C15H19N3OSi. The standard InChI is InChI=1S/C15H19N3OSi/c1-12-8-17-15(18-9-12)11-16-10-13-6-4-5-7-14(13)19-20(2)3/h4-9,11,20H,10H2,1-3H3. The molecular weight excluding hydrogens is 266 g/mol. The summed E-state index contributed by atoms with van der Waals surface area (Å²) in [7, 11) is -1.10. The molecule has 0 bridgehead atoms. The number of para-hydroxylation sites is 1. The van der Waals surface area contributed by atoms with E-state index in [9.17, 15) is 0 Å².